The summed E-state index contributed by atoms with van der Waals surface area (Å²) in [6, 6.07) is 16.7. The van der Waals surface area contributed by atoms with Gasteiger partial charge in [0.25, 0.3) is 0 Å². The number of ether oxygens (including phenoxy) is 1. The quantitative estimate of drug-likeness (QED) is 0.602. The third-order valence-electron chi connectivity index (χ3n) is 4.38. The Hall–Kier alpha value is -3.35. The number of carbonyl (C=O) groups is 3. The van der Waals surface area contributed by atoms with Crippen molar-refractivity contribution in [2.24, 2.45) is 11.7 Å². The molecule has 3 amide bonds. The van der Waals surface area contributed by atoms with Crippen molar-refractivity contribution in [3.8, 4) is 0 Å². The number of hydrogen-bond donors (Lipinski definition) is 3. The zero-order valence-electron chi connectivity index (χ0n) is 16.6. The first kappa shape index (κ1) is 21.9. The number of amides is 3. The first-order chi connectivity index (χ1) is 13.9. The fourth-order valence-corrected chi connectivity index (χ4v) is 2.76. The molecule has 0 spiro atoms. The fourth-order valence-electron chi connectivity index (χ4n) is 2.76. The Bertz CT molecular complexity index is 809. The lowest BCUT2D eigenvalue weighted by molar-refractivity contribution is -0.129. The molecular weight excluding hydrogens is 370 g/mol. The Balaban J connectivity index is 1.96. The molecule has 0 fully saturated rings. The Morgan fingerprint density at radius 3 is 1.97 bits per heavy atom. The van der Waals surface area contributed by atoms with Crippen LogP contribution in [-0.2, 0) is 27.4 Å². The van der Waals surface area contributed by atoms with Gasteiger partial charge in [0.05, 0.1) is 0 Å². The van der Waals surface area contributed by atoms with Crippen LogP contribution in [0.5, 0.6) is 0 Å². The van der Waals surface area contributed by atoms with E-state index in [0.29, 0.717) is 0 Å². The van der Waals surface area contributed by atoms with Crippen LogP contribution in [0.15, 0.2) is 60.7 Å². The summed E-state index contributed by atoms with van der Waals surface area (Å²) in [5.74, 6) is -1.35. The lowest BCUT2D eigenvalue weighted by Gasteiger charge is -2.24. The van der Waals surface area contributed by atoms with Gasteiger partial charge in [-0.1, -0.05) is 74.5 Å². The average molecular weight is 397 g/mol. The van der Waals surface area contributed by atoms with E-state index in [1.54, 1.807) is 13.8 Å². The zero-order chi connectivity index (χ0) is 21.2. The average Bonchev–Trinajstić information content (AvgIpc) is 2.71. The summed E-state index contributed by atoms with van der Waals surface area (Å²) in [5.41, 5.74) is 7.16. The molecular formula is C22H27N3O4. The van der Waals surface area contributed by atoms with Crippen LogP contribution in [0.4, 0.5) is 4.79 Å². The number of benzene rings is 2. The molecule has 7 nitrogen and oxygen atoms in total. The highest BCUT2D eigenvalue weighted by atomic mass is 16.5. The standard InChI is InChI=1S/C22H27N3O4/c1-15(2)19(25-22(28)29-14-17-11-7-4-8-12-17)21(27)24-18(20(23)26)13-16-9-5-3-6-10-16/h3-12,15,18-19H,13-14H2,1-2H3,(H2,23,26)(H,24,27)(H,25,28)/t18-,19+/m0/s1. The highest BCUT2D eigenvalue weighted by Crippen LogP contribution is 2.07. The van der Waals surface area contributed by atoms with E-state index in [1.165, 1.54) is 0 Å². The third-order valence-corrected chi connectivity index (χ3v) is 4.38. The maximum atomic E-state index is 12.7. The van der Waals surface area contributed by atoms with Gasteiger partial charge < -0.3 is 21.1 Å². The fraction of sp³-hybridized carbons (Fsp3) is 0.318. The minimum Gasteiger partial charge on any atom is -0.445 e. The minimum atomic E-state index is -0.881. The van der Waals surface area contributed by atoms with Gasteiger partial charge in [-0.25, -0.2) is 4.79 Å². The van der Waals surface area contributed by atoms with E-state index < -0.39 is 30.0 Å². The molecule has 0 aromatic heterocycles. The molecule has 29 heavy (non-hydrogen) atoms. The van der Waals surface area contributed by atoms with E-state index in [4.69, 9.17) is 10.5 Å². The van der Waals surface area contributed by atoms with Crippen molar-refractivity contribution < 1.29 is 19.1 Å². The van der Waals surface area contributed by atoms with Gasteiger partial charge >= 0.3 is 6.09 Å². The number of carbonyl (C=O) groups excluding carboxylic acids is 3. The molecule has 0 aliphatic heterocycles. The van der Waals surface area contributed by atoms with E-state index in [9.17, 15) is 14.4 Å². The number of primary amides is 1. The molecule has 4 N–H and O–H groups in total. The maximum Gasteiger partial charge on any atom is 0.408 e. The predicted octanol–water partition coefficient (Wildman–Crippen LogP) is 2.15. The Morgan fingerprint density at radius 1 is 0.897 bits per heavy atom. The predicted molar refractivity (Wildman–Crippen MR) is 110 cm³/mol. The van der Waals surface area contributed by atoms with Crippen LogP contribution in [0.25, 0.3) is 0 Å². The molecule has 0 saturated heterocycles. The van der Waals surface area contributed by atoms with Gasteiger partial charge in [0.2, 0.25) is 11.8 Å². The molecule has 0 heterocycles. The van der Waals surface area contributed by atoms with Gasteiger partial charge in [-0.15, -0.1) is 0 Å². The first-order valence-corrected chi connectivity index (χ1v) is 9.47. The van der Waals surface area contributed by atoms with Crippen molar-refractivity contribution >= 4 is 17.9 Å². The second kappa shape index (κ2) is 10.8. The molecule has 2 rings (SSSR count). The van der Waals surface area contributed by atoms with Crippen molar-refractivity contribution in [2.45, 2.75) is 39.0 Å². The summed E-state index contributed by atoms with van der Waals surface area (Å²) in [6.45, 7) is 3.67. The van der Waals surface area contributed by atoms with Gasteiger partial charge in [-0.3, -0.25) is 9.59 Å². The van der Waals surface area contributed by atoms with Gasteiger partial charge in [-0.05, 0) is 17.0 Å². The zero-order valence-corrected chi connectivity index (χ0v) is 16.6. The van der Waals surface area contributed by atoms with Crippen molar-refractivity contribution in [3.63, 3.8) is 0 Å². The molecule has 2 aromatic rings. The topological polar surface area (TPSA) is 111 Å². The van der Waals surface area contributed by atoms with Crippen LogP contribution in [0, 0.1) is 5.92 Å². The lowest BCUT2D eigenvalue weighted by atomic mass is 10.0. The lowest BCUT2D eigenvalue weighted by Crippen LogP contribution is -2.55. The monoisotopic (exact) mass is 397 g/mol. The SMILES string of the molecule is CC(C)[C@@H](NC(=O)OCc1ccccc1)C(=O)N[C@@H](Cc1ccccc1)C(N)=O. The van der Waals surface area contributed by atoms with Gasteiger partial charge in [0.1, 0.15) is 18.7 Å². The number of nitrogens with two attached hydrogens (primary N) is 1. The summed E-state index contributed by atoms with van der Waals surface area (Å²) in [4.78, 5) is 36.7. The minimum absolute atomic E-state index is 0.0943. The van der Waals surface area contributed by atoms with E-state index >= 15 is 0 Å². The van der Waals surface area contributed by atoms with E-state index in [2.05, 4.69) is 10.6 Å². The normalized spacial score (nSPS) is 12.7. The summed E-state index contributed by atoms with van der Waals surface area (Å²) in [6.07, 6.45) is -0.438. The van der Waals surface area contributed by atoms with E-state index in [1.807, 2.05) is 60.7 Å². The molecule has 0 saturated carbocycles. The highest BCUT2D eigenvalue weighted by molar-refractivity contribution is 5.91. The largest absolute Gasteiger partial charge is 0.445 e. The van der Waals surface area contributed by atoms with Crippen LogP contribution in [0.2, 0.25) is 0 Å². The van der Waals surface area contributed by atoms with Crippen LogP contribution < -0.4 is 16.4 Å². The van der Waals surface area contributed by atoms with E-state index in [-0.39, 0.29) is 18.9 Å². The Labute approximate surface area is 170 Å². The molecule has 2 aromatic carbocycles. The van der Waals surface area contributed by atoms with Crippen molar-refractivity contribution in [3.05, 3.63) is 71.8 Å². The number of hydrogen-bond acceptors (Lipinski definition) is 4. The van der Waals surface area contributed by atoms with Crippen LogP contribution >= 0.6 is 0 Å². The molecule has 0 unspecified atom stereocenters. The van der Waals surface area contributed by atoms with Gasteiger partial charge in [0.15, 0.2) is 0 Å². The van der Waals surface area contributed by atoms with Gasteiger partial charge in [0, 0.05) is 6.42 Å². The smallest absolute Gasteiger partial charge is 0.408 e. The van der Waals surface area contributed by atoms with Crippen LogP contribution in [-0.4, -0.2) is 30.0 Å². The van der Waals surface area contributed by atoms with Crippen LogP contribution in [0.1, 0.15) is 25.0 Å². The number of rotatable bonds is 9. The molecule has 2 atom stereocenters. The van der Waals surface area contributed by atoms with Crippen molar-refractivity contribution in [2.75, 3.05) is 0 Å². The molecule has 0 bridgehead atoms. The molecule has 154 valence electrons. The number of alkyl carbamates (subject to hydrolysis) is 1. The molecule has 7 heteroatoms. The second-order valence-electron chi connectivity index (χ2n) is 7.08. The number of nitrogens with one attached hydrogen (secondary N) is 2. The maximum absolute atomic E-state index is 12.7. The summed E-state index contributed by atoms with van der Waals surface area (Å²) < 4.78 is 5.19. The first-order valence-electron chi connectivity index (χ1n) is 9.47. The molecule has 0 aliphatic rings. The Morgan fingerprint density at radius 2 is 1.45 bits per heavy atom. The Kier molecular flexibility index (Phi) is 8.21. The highest BCUT2D eigenvalue weighted by Gasteiger charge is 2.28. The second-order valence-corrected chi connectivity index (χ2v) is 7.08. The van der Waals surface area contributed by atoms with Crippen molar-refractivity contribution in [1.82, 2.24) is 10.6 Å². The van der Waals surface area contributed by atoms with Gasteiger partial charge in [-0.2, -0.15) is 0 Å². The third kappa shape index (κ3) is 7.29. The summed E-state index contributed by atoms with van der Waals surface area (Å²) in [7, 11) is 0. The van der Waals surface area contributed by atoms with E-state index in [0.717, 1.165) is 11.1 Å². The summed E-state index contributed by atoms with van der Waals surface area (Å²) >= 11 is 0. The molecule has 0 radical (unpaired) electrons. The molecule has 0 aliphatic carbocycles. The van der Waals surface area contributed by atoms with Crippen LogP contribution in [0.3, 0.4) is 0 Å². The summed E-state index contributed by atoms with van der Waals surface area (Å²) in [5, 5.41) is 5.21. The van der Waals surface area contributed by atoms with Crippen molar-refractivity contribution in [1.29, 1.82) is 0 Å².